The zero-order chi connectivity index (χ0) is 24.3. The van der Waals surface area contributed by atoms with Crippen molar-refractivity contribution in [3.05, 3.63) is 47.7 Å². The van der Waals surface area contributed by atoms with Gasteiger partial charge in [-0.2, -0.15) is 5.10 Å². The third-order valence-electron chi connectivity index (χ3n) is 6.74. The highest BCUT2D eigenvalue weighted by Crippen LogP contribution is 2.38. The molecule has 2 atom stereocenters. The Morgan fingerprint density at radius 1 is 1.15 bits per heavy atom. The Morgan fingerprint density at radius 2 is 1.88 bits per heavy atom. The van der Waals surface area contributed by atoms with Crippen molar-refractivity contribution in [2.24, 2.45) is 0 Å². The van der Waals surface area contributed by atoms with E-state index in [0.29, 0.717) is 5.82 Å². The number of alkyl carbamates (subject to hydrolysis) is 1. The normalized spacial score (nSPS) is 21.4. The van der Waals surface area contributed by atoms with Crippen molar-refractivity contribution in [2.75, 3.05) is 5.32 Å². The van der Waals surface area contributed by atoms with Gasteiger partial charge in [-0.05, 0) is 71.8 Å². The number of rotatable bonds is 6. The molecule has 2 fully saturated rings. The molecule has 0 radical (unpaired) electrons. The quantitative estimate of drug-likeness (QED) is 0.568. The molecular formula is C26H36N4O4. The van der Waals surface area contributed by atoms with E-state index in [4.69, 9.17) is 14.6 Å². The molecule has 2 aromatic rings. The zero-order valence-electron chi connectivity index (χ0n) is 20.6. The molecule has 0 bridgehead atoms. The first-order valence-corrected chi connectivity index (χ1v) is 12.2. The van der Waals surface area contributed by atoms with E-state index in [0.717, 1.165) is 49.8 Å². The molecule has 8 heteroatoms. The summed E-state index contributed by atoms with van der Waals surface area (Å²) in [5, 5.41) is 10.7. The van der Waals surface area contributed by atoms with Crippen molar-refractivity contribution in [1.29, 1.82) is 0 Å². The lowest BCUT2D eigenvalue weighted by molar-refractivity contribution is 0.0813. The number of amides is 2. The second-order valence-corrected chi connectivity index (χ2v) is 10.8. The van der Waals surface area contributed by atoms with Crippen molar-refractivity contribution in [1.82, 2.24) is 15.1 Å². The minimum Gasteiger partial charge on any atom is -0.446 e. The van der Waals surface area contributed by atoms with E-state index in [2.05, 4.69) is 17.6 Å². The van der Waals surface area contributed by atoms with Gasteiger partial charge in [0.25, 0.3) is 0 Å². The van der Waals surface area contributed by atoms with Crippen LogP contribution in [-0.4, -0.2) is 33.6 Å². The third-order valence-corrected chi connectivity index (χ3v) is 6.74. The molecule has 34 heavy (non-hydrogen) atoms. The third kappa shape index (κ3) is 5.90. The number of carbonyl (C=O) groups is 2. The van der Waals surface area contributed by atoms with Gasteiger partial charge in [0, 0.05) is 17.5 Å². The number of nitrogens with one attached hydrogen (secondary N) is 2. The molecule has 2 aliphatic carbocycles. The maximum atomic E-state index is 12.5. The first-order valence-electron chi connectivity index (χ1n) is 12.2. The number of hydrogen-bond acceptors (Lipinski definition) is 5. The molecule has 2 amide bonds. The molecule has 0 saturated heterocycles. The predicted octanol–water partition coefficient (Wildman–Crippen LogP) is 5.69. The lowest BCUT2D eigenvalue weighted by Gasteiger charge is -2.38. The minimum absolute atomic E-state index is 0.115. The average molecular weight is 469 g/mol. The van der Waals surface area contributed by atoms with Gasteiger partial charge in [-0.3, -0.25) is 5.32 Å². The Hall–Kier alpha value is -3.03. The fourth-order valence-corrected chi connectivity index (χ4v) is 4.64. The number of hydrogen-bond donors (Lipinski definition) is 2. The fraction of sp³-hybridized carbons (Fsp3) is 0.577. The maximum Gasteiger partial charge on any atom is 0.413 e. The summed E-state index contributed by atoms with van der Waals surface area (Å²) in [6.45, 7) is 8.38. The van der Waals surface area contributed by atoms with Crippen LogP contribution < -0.4 is 10.6 Å². The van der Waals surface area contributed by atoms with Crippen LogP contribution in [0, 0.1) is 0 Å². The minimum atomic E-state index is -0.519. The van der Waals surface area contributed by atoms with Crippen molar-refractivity contribution in [3.63, 3.8) is 0 Å². The van der Waals surface area contributed by atoms with Gasteiger partial charge in [0.15, 0.2) is 0 Å². The van der Waals surface area contributed by atoms with Crippen molar-refractivity contribution in [2.45, 2.75) is 95.9 Å². The summed E-state index contributed by atoms with van der Waals surface area (Å²) in [6.07, 6.45) is 4.60. The molecule has 0 aliphatic heterocycles. The molecule has 4 rings (SSSR count). The van der Waals surface area contributed by atoms with Crippen LogP contribution in [0.1, 0.15) is 83.4 Å². The second kappa shape index (κ2) is 9.68. The van der Waals surface area contributed by atoms with Gasteiger partial charge in [0.2, 0.25) is 0 Å². The Labute approximate surface area is 201 Å². The molecule has 184 valence electrons. The second-order valence-electron chi connectivity index (χ2n) is 10.8. The van der Waals surface area contributed by atoms with Crippen LogP contribution in [0.5, 0.6) is 0 Å². The smallest absolute Gasteiger partial charge is 0.413 e. The SMILES string of the molecule is CC1(NC(=O)O[C@@H]2CC[C@H](c3cc(NC(=O)OCc4ccccc4)n(C(C)(C)C)n3)C2)CCC1. The van der Waals surface area contributed by atoms with Crippen molar-refractivity contribution < 1.29 is 19.1 Å². The number of ether oxygens (including phenoxy) is 2. The molecular weight excluding hydrogens is 432 g/mol. The Morgan fingerprint density at radius 3 is 2.53 bits per heavy atom. The molecule has 1 heterocycles. The van der Waals surface area contributed by atoms with Gasteiger partial charge in [0.05, 0.1) is 11.2 Å². The van der Waals surface area contributed by atoms with Crippen LogP contribution in [0.3, 0.4) is 0 Å². The number of aromatic nitrogens is 2. The van der Waals surface area contributed by atoms with Gasteiger partial charge in [-0.15, -0.1) is 0 Å². The molecule has 2 saturated carbocycles. The predicted molar refractivity (Wildman–Crippen MR) is 130 cm³/mol. The largest absolute Gasteiger partial charge is 0.446 e. The summed E-state index contributed by atoms with van der Waals surface area (Å²) in [7, 11) is 0. The molecule has 8 nitrogen and oxygen atoms in total. The highest BCUT2D eigenvalue weighted by atomic mass is 16.6. The summed E-state index contributed by atoms with van der Waals surface area (Å²) < 4.78 is 12.9. The average Bonchev–Trinajstić information content (AvgIpc) is 3.38. The first kappa shape index (κ1) is 24.1. The number of carbonyl (C=O) groups excluding carboxylic acids is 2. The number of benzene rings is 1. The monoisotopic (exact) mass is 468 g/mol. The topological polar surface area (TPSA) is 94.5 Å². The van der Waals surface area contributed by atoms with Crippen LogP contribution >= 0.6 is 0 Å². The lowest BCUT2D eigenvalue weighted by Crippen LogP contribution is -2.51. The van der Waals surface area contributed by atoms with Gasteiger partial charge >= 0.3 is 12.2 Å². The molecule has 2 N–H and O–H groups in total. The maximum absolute atomic E-state index is 12.5. The fourth-order valence-electron chi connectivity index (χ4n) is 4.64. The molecule has 0 unspecified atom stereocenters. The standard InChI is InChI=1S/C26H36N4O4/c1-25(2,3)30-22(27-23(31)33-17-18-9-6-5-7-10-18)16-21(29-30)19-11-12-20(15-19)34-24(32)28-26(4)13-8-14-26/h5-7,9-10,16,19-20H,8,11-15,17H2,1-4H3,(H,27,31)(H,28,32)/t19-,20+/m0/s1. The summed E-state index contributed by atoms with van der Waals surface area (Å²) >= 11 is 0. The van der Waals surface area contributed by atoms with Crippen LogP contribution in [-0.2, 0) is 21.6 Å². The van der Waals surface area contributed by atoms with E-state index in [1.807, 2.05) is 61.9 Å². The van der Waals surface area contributed by atoms with E-state index in [-0.39, 0.29) is 35.8 Å². The van der Waals surface area contributed by atoms with Crippen LogP contribution in [0.4, 0.5) is 15.4 Å². The van der Waals surface area contributed by atoms with Gasteiger partial charge in [-0.25, -0.2) is 14.3 Å². The van der Waals surface area contributed by atoms with Crippen molar-refractivity contribution >= 4 is 18.0 Å². The van der Waals surface area contributed by atoms with Gasteiger partial charge in [-0.1, -0.05) is 30.3 Å². The zero-order valence-corrected chi connectivity index (χ0v) is 20.6. The van der Waals surface area contributed by atoms with E-state index in [1.165, 1.54) is 0 Å². The molecule has 1 aromatic heterocycles. The van der Waals surface area contributed by atoms with Crippen LogP contribution in [0.2, 0.25) is 0 Å². The van der Waals surface area contributed by atoms with Crippen LogP contribution in [0.15, 0.2) is 36.4 Å². The Kier molecular flexibility index (Phi) is 6.86. The summed E-state index contributed by atoms with van der Waals surface area (Å²) in [5.41, 5.74) is 1.38. The molecule has 1 aromatic carbocycles. The molecule has 0 spiro atoms. The number of anilines is 1. The van der Waals surface area contributed by atoms with Gasteiger partial charge < -0.3 is 14.8 Å². The summed E-state index contributed by atoms with van der Waals surface area (Å²) in [6, 6.07) is 11.5. The van der Waals surface area contributed by atoms with E-state index >= 15 is 0 Å². The summed E-state index contributed by atoms with van der Waals surface area (Å²) in [5.74, 6) is 0.766. The van der Waals surface area contributed by atoms with E-state index in [1.54, 1.807) is 0 Å². The highest BCUT2D eigenvalue weighted by Gasteiger charge is 2.36. The van der Waals surface area contributed by atoms with Crippen LogP contribution in [0.25, 0.3) is 0 Å². The first-order chi connectivity index (χ1) is 16.1. The Bertz CT molecular complexity index is 1010. The summed E-state index contributed by atoms with van der Waals surface area (Å²) in [4.78, 5) is 24.8. The number of nitrogens with zero attached hydrogens (tertiary/aromatic N) is 2. The van der Waals surface area contributed by atoms with Crippen molar-refractivity contribution in [3.8, 4) is 0 Å². The van der Waals surface area contributed by atoms with E-state index in [9.17, 15) is 9.59 Å². The van der Waals surface area contributed by atoms with E-state index < -0.39 is 6.09 Å². The molecule has 2 aliphatic rings. The van der Waals surface area contributed by atoms with Gasteiger partial charge in [0.1, 0.15) is 18.5 Å². The lowest BCUT2D eigenvalue weighted by atomic mass is 9.79. The highest BCUT2D eigenvalue weighted by molar-refractivity contribution is 5.83. The Balaban J connectivity index is 1.36.